The summed E-state index contributed by atoms with van der Waals surface area (Å²) in [5.41, 5.74) is 16.2. The molecule has 0 spiro atoms. The Kier molecular flexibility index (Phi) is 8.56. The van der Waals surface area contributed by atoms with E-state index >= 15 is 0 Å². The van der Waals surface area contributed by atoms with Gasteiger partial charge in [-0.25, -0.2) is 4.79 Å². The second-order valence-corrected chi connectivity index (χ2v) is 16.7. The normalized spacial score (nSPS) is 11.7. The summed E-state index contributed by atoms with van der Waals surface area (Å²) >= 11 is 0. The number of hydrogen-bond acceptors (Lipinski definition) is 3. The third kappa shape index (κ3) is 5.83. The molecule has 0 aliphatic rings. The van der Waals surface area contributed by atoms with Crippen LogP contribution < -0.4 is 4.90 Å². The monoisotopic (exact) mass is 826 g/mol. The van der Waals surface area contributed by atoms with Crippen LogP contribution in [0.2, 0.25) is 0 Å². The molecule has 3 aromatic heterocycles. The van der Waals surface area contributed by atoms with Crippen LogP contribution in [0.25, 0.3) is 82.5 Å². The number of hydrogen-bond donors (Lipinski definition) is 0. The third-order valence-electron chi connectivity index (χ3n) is 12.9. The molecular formula is C58H42N4O2. The van der Waals surface area contributed by atoms with Crippen molar-refractivity contribution in [2.24, 2.45) is 0 Å². The minimum Gasteiger partial charge on any atom is -0.465 e. The number of aromatic nitrogens is 3. The molecule has 0 aliphatic heterocycles. The van der Waals surface area contributed by atoms with E-state index in [-0.39, 0.29) is 5.97 Å². The Morgan fingerprint density at radius 1 is 0.375 bits per heavy atom. The van der Waals surface area contributed by atoms with Gasteiger partial charge in [-0.2, -0.15) is 0 Å². The number of carbonyl (C=O) groups excluding carboxylic acids is 1. The Balaban J connectivity index is 1.10. The van der Waals surface area contributed by atoms with Crippen LogP contribution in [0.3, 0.4) is 0 Å². The molecule has 0 N–H and O–H groups in total. The standard InChI is InChI=1S/C58H42N4O2/c1-37-16-22-40(23-17-37)60-52-13-7-4-10-46(52)49-34-43(28-31-55(49)60)59(44-29-32-56-50(35-44)47-11-5-8-14-53(47)61(56)41-24-18-38(2)19-25-41)45-30-33-57-51(36-45)48-12-6-9-15-54(48)62(57)42-26-20-39(21-27-42)58(63)64-3/h4-36H,1-3H3. The minimum atomic E-state index is -0.352. The zero-order valence-corrected chi connectivity index (χ0v) is 35.7. The van der Waals surface area contributed by atoms with Crippen molar-refractivity contribution < 1.29 is 9.53 Å². The number of anilines is 3. The number of esters is 1. The Morgan fingerprint density at radius 3 is 1.03 bits per heavy atom. The van der Waals surface area contributed by atoms with Crippen LogP contribution in [0.15, 0.2) is 200 Å². The summed E-state index contributed by atoms with van der Waals surface area (Å²) in [5, 5.41) is 7.04. The number of para-hydroxylation sites is 3. The fraction of sp³-hybridized carbons (Fsp3) is 0.0517. The summed E-state index contributed by atoms with van der Waals surface area (Å²) in [6, 6.07) is 71.8. The van der Waals surface area contributed by atoms with E-state index in [0.29, 0.717) is 5.56 Å². The van der Waals surface area contributed by atoms with Crippen LogP contribution in [0.4, 0.5) is 17.1 Å². The second-order valence-electron chi connectivity index (χ2n) is 16.7. The Morgan fingerprint density at radius 2 is 0.688 bits per heavy atom. The summed E-state index contributed by atoms with van der Waals surface area (Å²) in [7, 11) is 1.41. The molecule has 306 valence electrons. The fourth-order valence-corrected chi connectivity index (χ4v) is 9.83. The molecule has 9 aromatic carbocycles. The molecule has 0 radical (unpaired) electrons. The smallest absolute Gasteiger partial charge is 0.337 e. The van der Waals surface area contributed by atoms with E-state index in [1.807, 2.05) is 24.3 Å². The molecule has 0 atom stereocenters. The quantitative estimate of drug-likeness (QED) is 0.150. The highest BCUT2D eigenvalue weighted by molar-refractivity contribution is 6.14. The maximum Gasteiger partial charge on any atom is 0.337 e. The molecule has 12 aromatic rings. The van der Waals surface area contributed by atoms with Crippen molar-refractivity contribution >= 4 is 88.4 Å². The van der Waals surface area contributed by atoms with E-state index in [2.05, 4.69) is 208 Å². The topological polar surface area (TPSA) is 44.3 Å². The number of carbonyl (C=O) groups is 1. The van der Waals surface area contributed by atoms with Crippen molar-refractivity contribution in [1.29, 1.82) is 0 Å². The average molecular weight is 827 g/mol. The zero-order chi connectivity index (χ0) is 43.1. The maximum atomic E-state index is 12.4. The molecule has 64 heavy (non-hydrogen) atoms. The Bertz CT molecular complexity index is 3630. The van der Waals surface area contributed by atoms with E-state index < -0.39 is 0 Å². The first kappa shape index (κ1) is 37.4. The van der Waals surface area contributed by atoms with Gasteiger partial charge in [0.1, 0.15) is 0 Å². The summed E-state index contributed by atoms with van der Waals surface area (Å²) in [6.07, 6.45) is 0. The zero-order valence-electron chi connectivity index (χ0n) is 35.7. The summed E-state index contributed by atoms with van der Waals surface area (Å²) < 4.78 is 12.0. The van der Waals surface area contributed by atoms with Crippen molar-refractivity contribution in [2.45, 2.75) is 13.8 Å². The molecule has 0 fully saturated rings. The molecule has 0 saturated carbocycles. The van der Waals surface area contributed by atoms with Gasteiger partial charge in [-0.1, -0.05) is 90.0 Å². The number of methoxy groups -OCH3 is 1. The van der Waals surface area contributed by atoms with Gasteiger partial charge in [-0.05, 0) is 135 Å². The largest absolute Gasteiger partial charge is 0.465 e. The van der Waals surface area contributed by atoms with Gasteiger partial charge in [0, 0.05) is 66.4 Å². The highest BCUT2D eigenvalue weighted by Gasteiger charge is 2.22. The SMILES string of the molecule is COC(=O)c1ccc(-n2c3ccccc3c3cc(N(c4ccc5c(c4)c4ccccc4n5-c4ccc(C)cc4)c4ccc5c(c4)c4ccccc4n5-c4ccc(C)cc4)ccc32)cc1. The summed E-state index contributed by atoms with van der Waals surface area (Å²) in [5.74, 6) is -0.352. The number of nitrogens with zero attached hydrogens (tertiary/aromatic N) is 4. The van der Waals surface area contributed by atoms with Crippen LogP contribution in [-0.4, -0.2) is 26.8 Å². The number of benzene rings is 9. The van der Waals surface area contributed by atoms with E-state index in [4.69, 9.17) is 4.74 Å². The van der Waals surface area contributed by atoms with Gasteiger partial charge in [0.25, 0.3) is 0 Å². The first-order valence-corrected chi connectivity index (χ1v) is 21.7. The van der Waals surface area contributed by atoms with Crippen LogP contribution in [0, 0.1) is 13.8 Å². The van der Waals surface area contributed by atoms with Gasteiger partial charge in [0.05, 0.1) is 45.8 Å². The lowest BCUT2D eigenvalue weighted by molar-refractivity contribution is 0.0600. The molecule has 0 bridgehead atoms. The number of fused-ring (bicyclic) bond motifs is 9. The fourth-order valence-electron chi connectivity index (χ4n) is 9.83. The molecule has 0 aliphatic carbocycles. The van der Waals surface area contributed by atoms with E-state index in [1.165, 1.54) is 50.8 Å². The summed E-state index contributed by atoms with van der Waals surface area (Å²) in [4.78, 5) is 14.8. The van der Waals surface area contributed by atoms with Gasteiger partial charge in [-0.15, -0.1) is 0 Å². The minimum absolute atomic E-state index is 0.352. The van der Waals surface area contributed by atoms with Crippen molar-refractivity contribution in [3.63, 3.8) is 0 Å². The highest BCUT2D eigenvalue weighted by atomic mass is 16.5. The van der Waals surface area contributed by atoms with Crippen molar-refractivity contribution in [3.05, 3.63) is 217 Å². The number of rotatable bonds is 7. The predicted molar refractivity (Wildman–Crippen MR) is 265 cm³/mol. The lowest BCUT2D eigenvalue weighted by Gasteiger charge is -2.26. The van der Waals surface area contributed by atoms with Crippen LogP contribution in [0.5, 0.6) is 0 Å². The third-order valence-corrected chi connectivity index (χ3v) is 12.9. The van der Waals surface area contributed by atoms with Crippen LogP contribution in [0.1, 0.15) is 21.5 Å². The first-order valence-electron chi connectivity index (χ1n) is 21.7. The lowest BCUT2D eigenvalue weighted by atomic mass is 10.1. The molecule has 0 unspecified atom stereocenters. The van der Waals surface area contributed by atoms with Gasteiger partial charge >= 0.3 is 5.97 Å². The van der Waals surface area contributed by atoms with E-state index in [0.717, 1.165) is 67.0 Å². The predicted octanol–water partition coefficient (Wildman–Crippen LogP) is 14.9. The molecule has 0 saturated heterocycles. The Hall–Kier alpha value is -8.35. The molecule has 6 nitrogen and oxygen atoms in total. The average Bonchev–Trinajstić information content (AvgIpc) is 3.97. The van der Waals surface area contributed by atoms with Gasteiger partial charge in [0.2, 0.25) is 0 Å². The molecule has 0 amide bonds. The van der Waals surface area contributed by atoms with Crippen LogP contribution in [-0.2, 0) is 4.74 Å². The van der Waals surface area contributed by atoms with Crippen molar-refractivity contribution in [1.82, 2.24) is 13.7 Å². The lowest BCUT2D eigenvalue weighted by Crippen LogP contribution is -2.10. The molecule has 3 heterocycles. The summed E-state index contributed by atoms with van der Waals surface area (Å²) in [6.45, 7) is 4.26. The Labute approximate surface area is 370 Å². The first-order chi connectivity index (χ1) is 31.4. The second kappa shape index (κ2) is 14.6. The van der Waals surface area contributed by atoms with Crippen LogP contribution >= 0.6 is 0 Å². The number of ether oxygens (including phenoxy) is 1. The molecule has 12 rings (SSSR count). The van der Waals surface area contributed by atoms with Gasteiger partial charge in [0.15, 0.2) is 0 Å². The van der Waals surface area contributed by atoms with E-state index in [1.54, 1.807) is 0 Å². The molecule has 6 heteroatoms. The highest BCUT2D eigenvalue weighted by Crippen LogP contribution is 2.44. The van der Waals surface area contributed by atoms with E-state index in [9.17, 15) is 4.79 Å². The van der Waals surface area contributed by atoms with Gasteiger partial charge in [-0.3, -0.25) is 0 Å². The van der Waals surface area contributed by atoms with Crippen molar-refractivity contribution in [2.75, 3.05) is 12.0 Å². The molecular weight excluding hydrogens is 785 g/mol. The number of aryl methyl sites for hydroxylation is 2. The van der Waals surface area contributed by atoms with Crippen molar-refractivity contribution in [3.8, 4) is 17.1 Å². The van der Waals surface area contributed by atoms with Gasteiger partial charge < -0.3 is 23.3 Å². The maximum absolute atomic E-state index is 12.4.